The van der Waals surface area contributed by atoms with Gasteiger partial charge in [0.1, 0.15) is 0 Å². The Morgan fingerprint density at radius 3 is 2.94 bits per heavy atom. The Morgan fingerprint density at radius 2 is 2.31 bits per heavy atom. The van der Waals surface area contributed by atoms with E-state index < -0.39 is 0 Å². The third-order valence-electron chi connectivity index (χ3n) is 2.19. The molecule has 1 rings (SSSR count). The zero-order valence-corrected chi connectivity index (χ0v) is 9.99. The fraction of sp³-hybridized carbons (Fsp3) is 0.636. The maximum atomic E-state index is 11.2. The third-order valence-corrected chi connectivity index (χ3v) is 2.19. The lowest BCUT2D eigenvalue weighted by atomic mass is 10.3. The Balaban J connectivity index is 2.05. The molecule has 0 saturated heterocycles. The number of nitrogens with zero attached hydrogens (tertiary/aromatic N) is 2. The van der Waals surface area contributed by atoms with Crippen molar-refractivity contribution >= 4 is 5.91 Å². The normalized spacial score (nSPS) is 10.4. The van der Waals surface area contributed by atoms with Crippen molar-refractivity contribution in [3.05, 3.63) is 18.0 Å². The number of nitrogens with one attached hydrogen (secondary N) is 2. The molecule has 0 aliphatic carbocycles. The Bertz CT molecular complexity index is 322. The van der Waals surface area contributed by atoms with Crippen molar-refractivity contribution in [2.75, 3.05) is 13.1 Å². The van der Waals surface area contributed by atoms with Gasteiger partial charge in [0.05, 0.1) is 6.20 Å². The second-order valence-corrected chi connectivity index (χ2v) is 3.80. The molecule has 0 fully saturated rings. The van der Waals surface area contributed by atoms with Crippen LogP contribution < -0.4 is 10.6 Å². The Morgan fingerprint density at radius 1 is 1.50 bits per heavy atom. The summed E-state index contributed by atoms with van der Waals surface area (Å²) in [6.07, 6.45) is 5.30. The van der Waals surface area contributed by atoms with Crippen molar-refractivity contribution < 1.29 is 4.79 Å². The van der Waals surface area contributed by atoms with Crippen LogP contribution in [0.2, 0.25) is 0 Å². The second-order valence-electron chi connectivity index (χ2n) is 3.80. The number of carbonyl (C=O) groups is 1. The van der Waals surface area contributed by atoms with Crippen LogP contribution in [0.15, 0.2) is 12.4 Å². The van der Waals surface area contributed by atoms with Gasteiger partial charge in [0, 0.05) is 44.9 Å². The highest BCUT2D eigenvalue weighted by Gasteiger charge is 1.99. The number of rotatable bonds is 7. The van der Waals surface area contributed by atoms with E-state index in [1.165, 1.54) is 0 Å². The largest absolute Gasteiger partial charge is 0.356 e. The number of hydrogen-bond donors (Lipinski definition) is 2. The predicted octanol–water partition coefficient (Wildman–Crippen LogP) is 0.426. The van der Waals surface area contributed by atoms with Crippen molar-refractivity contribution in [1.29, 1.82) is 0 Å². The molecule has 0 unspecified atom stereocenters. The SMILES string of the molecule is CCCNC(=O)CCNCc1cnn(C)c1. The number of aromatic nitrogens is 2. The summed E-state index contributed by atoms with van der Waals surface area (Å²) < 4.78 is 1.77. The molecule has 1 amide bonds. The van der Waals surface area contributed by atoms with Gasteiger partial charge in [0.25, 0.3) is 0 Å². The van der Waals surface area contributed by atoms with Crippen LogP contribution in [0.5, 0.6) is 0 Å². The molecule has 0 aliphatic heterocycles. The zero-order chi connectivity index (χ0) is 11.8. The van der Waals surface area contributed by atoms with Gasteiger partial charge in [-0.1, -0.05) is 6.92 Å². The minimum Gasteiger partial charge on any atom is -0.356 e. The molecular formula is C11H20N4O. The van der Waals surface area contributed by atoms with Gasteiger partial charge in [-0.15, -0.1) is 0 Å². The summed E-state index contributed by atoms with van der Waals surface area (Å²) >= 11 is 0. The molecule has 1 aromatic heterocycles. The first-order valence-corrected chi connectivity index (χ1v) is 5.67. The van der Waals surface area contributed by atoms with Crippen molar-refractivity contribution in [3.63, 3.8) is 0 Å². The summed E-state index contributed by atoms with van der Waals surface area (Å²) in [4.78, 5) is 11.2. The lowest BCUT2D eigenvalue weighted by Crippen LogP contribution is -2.27. The lowest BCUT2D eigenvalue weighted by molar-refractivity contribution is -0.120. The molecule has 16 heavy (non-hydrogen) atoms. The first-order valence-electron chi connectivity index (χ1n) is 5.67. The number of carbonyl (C=O) groups excluding carboxylic acids is 1. The zero-order valence-electron chi connectivity index (χ0n) is 9.99. The smallest absolute Gasteiger partial charge is 0.221 e. The summed E-state index contributed by atoms with van der Waals surface area (Å²) in [7, 11) is 1.89. The van der Waals surface area contributed by atoms with Crippen LogP contribution in [-0.4, -0.2) is 28.8 Å². The van der Waals surface area contributed by atoms with Gasteiger partial charge >= 0.3 is 0 Å². The van der Waals surface area contributed by atoms with Gasteiger partial charge in [0.15, 0.2) is 0 Å². The van der Waals surface area contributed by atoms with Crippen LogP contribution in [0.3, 0.4) is 0 Å². The summed E-state index contributed by atoms with van der Waals surface area (Å²) in [6, 6.07) is 0. The maximum absolute atomic E-state index is 11.2. The topological polar surface area (TPSA) is 59.0 Å². The van der Waals surface area contributed by atoms with E-state index in [0.717, 1.165) is 25.1 Å². The highest BCUT2D eigenvalue weighted by atomic mass is 16.1. The molecule has 90 valence electrons. The van der Waals surface area contributed by atoms with Gasteiger partial charge in [0.2, 0.25) is 5.91 Å². The highest BCUT2D eigenvalue weighted by molar-refractivity contribution is 5.75. The Labute approximate surface area is 96.2 Å². The number of aryl methyl sites for hydroxylation is 1. The standard InChI is InChI=1S/C11H20N4O/c1-3-5-13-11(16)4-6-12-7-10-8-14-15(2)9-10/h8-9,12H,3-7H2,1-2H3,(H,13,16). The first kappa shape index (κ1) is 12.7. The van der Waals surface area contributed by atoms with E-state index in [0.29, 0.717) is 13.0 Å². The summed E-state index contributed by atoms with van der Waals surface area (Å²) in [6.45, 7) is 4.27. The van der Waals surface area contributed by atoms with Crippen molar-refractivity contribution in [2.24, 2.45) is 7.05 Å². The molecule has 0 aromatic carbocycles. The van der Waals surface area contributed by atoms with Gasteiger partial charge < -0.3 is 10.6 Å². The predicted molar refractivity (Wildman–Crippen MR) is 62.8 cm³/mol. The van der Waals surface area contributed by atoms with Crippen LogP contribution >= 0.6 is 0 Å². The molecule has 5 heteroatoms. The average molecular weight is 224 g/mol. The summed E-state index contributed by atoms with van der Waals surface area (Å²) in [5.74, 6) is 0.112. The maximum Gasteiger partial charge on any atom is 0.221 e. The van der Waals surface area contributed by atoms with Gasteiger partial charge in [-0.25, -0.2) is 0 Å². The first-order chi connectivity index (χ1) is 7.72. The van der Waals surface area contributed by atoms with Gasteiger partial charge in [-0.2, -0.15) is 5.10 Å². The molecule has 0 atom stereocenters. The molecular weight excluding hydrogens is 204 g/mol. The fourth-order valence-electron chi connectivity index (χ4n) is 1.35. The van der Waals surface area contributed by atoms with Crippen LogP contribution in [0, 0.1) is 0 Å². The number of amides is 1. The van der Waals surface area contributed by atoms with E-state index in [1.807, 2.05) is 26.4 Å². The minimum atomic E-state index is 0.112. The molecule has 2 N–H and O–H groups in total. The monoisotopic (exact) mass is 224 g/mol. The Hall–Kier alpha value is -1.36. The van der Waals surface area contributed by atoms with Gasteiger partial charge in [-0.05, 0) is 6.42 Å². The average Bonchev–Trinajstić information content (AvgIpc) is 2.67. The fourth-order valence-corrected chi connectivity index (χ4v) is 1.35. The molecule has 1 aromatic rings. The summed E-state index contributed by atoms with van der Waals surface area (Å²) in [5.41, 5.74) is 1.14. The molecule has 0 aliphatic rings. The molecule has 1 heterocycles. The van der Waals surface area contributed by atoms with Crippen molar-refractivity contribution in [2.45, 2.75) is 26.3 Å². The van der Waals surface area contributed by atoms with Crippen molar-refractivity contribution in [1.82, 2.24) is 20.4 Å². The third kappa shape index (κ3) is 4.93. The van der Waals surface area contributed by atoms with E-state index in [4.69, 9.17) is 0 Å². The molecule has 5 nitrogen and oxygen atoms in total. The molecule has 0 spiro atoms. The number of hydrogen-bond acceptors (Lipinski definition) is 3. The van der Waals surface area contributed by atoms with Crippen LogP contribution in [0.25, 0.3) is 0 Å². The minimum absolute atomic E-state index is 0.112. The van der Waals surface area contributed by atoms with E-state index in [2.05, 4.69) is 15.7 Å². The molecule has 0 bridgehead atoms. The Kier molecular flexibility index (Phi) is 5.56. The van der Waals surface area contributed by atoms with E-state index in [-0.39, 0.29) is 5.91 Å². The highest BCUT2D eigenvalue weighted by Crippen LogP contribution is 1.94. The van der Waals surface area contributed by atoms with E-state index in [1.54, 1.807) is 4.68 Å². The van der Waals surface area contributed by atoms with Crippen LogP contribution in [0.4, 0.5) is 0 Å². The second kappa shape index (κ2) is 7.00. The molecule has 0 saturated carbocycles. The lowest BCUT2D eigenvalue weighted by Gasteiger charge is -2.04. The molecule has 0 radical (unpaired) electrons. The quantitative estimate of drug-likeness (QED) is 0.660. The van der Waals surface area contributed by atoms with Crippen LogP contribution in [-0.2, 0) is 18.4 Å². The van der Waals surface area contributed by atoms with E-state index >= 15 is 0 Å². The van der Waals surface area contributed by atoms with Gasteiger partial charge in [-0.3, -0.25) is 9.48 Å². The summed E-state index contributed by atoms with van der Waals surface area (Å²) in [5, 5.41) is 10.1. The van der Waals surface area contributed by atoms with Crippen LogP contribution in [0.1, 0.15) is 25.3 Å². The van der Waals surface area contributed by atoms with E-state index in [9.17, 15) is 4.79 Å². The van der Waals surface area contributed by atoms with Crippen molar-refractivity contribution in [3.8, 4) is 0 Å².